The van der Waals surface area contributed by atoms with Crippen LogP contribution < -0.4 is 10.1 Å². The van der Waals surface area contributed by atoms with E-state index in [-0.39, 0.29) is 18.6 Å². The number of hydrogen-bond acceptors (Lipinski definition) is 5. The molecule has 4 aromatic rings. The summed E-state index contributed by atoms with van der Waals surface area (Å²) in [5.41, 5.74) is 4.04. The summed E-state index contributed by atoms with van der Waals surface area (Å²) >= 11 is 0. The minimum atomic E-state index is -1.21. The first-order valence-corrected chi connectivity index (χ1v) is 14.2. The molecular formula is C35H34N2O4. The Hall–Kier alpha value is -4.42. The van der Waals surface area contributed by atoms with E-state index < -0.39 is 11.6 Å². The Kier molecular flexibility index (Phi) is 7.83. The first-order chi connectivity index (χ1) is 20.1. The highest BCUT2D eigenvalue weighted by atomic mass is 16.5. The van der Waals surface area contributed by atoms with Crippen molar-refractivity contribution in [3.05, 3.63) is 137 Å². The highest BCUT2D eigenvalue weighted by molar-refractivity contribution is 6.01. The van der Waals surface area contributed by atoms with E-state index in [9.17, 15) is 4.79 Å². The van der Waals surface area contributed by atoms with Gasteiger partial charge in [-0.05, 0) is 59.4 Å². The molecule has 4 aromatic carbocycles. The van der Waals surface area contributed by atoms with E-state index >= 15 is 0 Å². The summed E-state index contributed by atoms with van der Waals surface area (Å²) in [6.07, 6.45) is 1.95. The fraction of sp³-hybridized carbons (Fsp3) is 0.257. The maximum absolute atomic E-state index is 14.5. The first kappa shape index (κ1) is 26.8. The number of benzene rings is 4. The Balaban J connectivity index is 1.37. The minimum Gasteiger partial charge on any atom is -0.494 e. The molecule has 0 aromatic heterocycles. The van der Waals surface area contributed by atoms with Crippen molar-refractivity contribution >= 4 is 11.8 Å². The zero-order chi connectivity index (χ0) is 28.1. The van der Waals surface area contributed by atoms with Crippen LogP contribution in [0.5, 0.6) is 5.75 Å². The summed E-state index contributed by atoms with van der Waals surface area (Å²) < 4.78 is 12.3. The molecule has 1 aliphatic heterocycles. The fourth-order valence-corrected chi connectivity index (χ4v) is 5.79. The summed E-state index contributed by atoms with van der Waals surface area (Å²) in [4.78, 5) is 19.6. The van der Waals surface area contributed by atoms with E-state index in [1.54, 1.807) is 0 Å². The number of nitrogens with zero attached hydrogens (tertiary/aromatic N) is 1. The van der Waals surface area contributed by atoms with E-state index in [0.29, 0.717) is 31.1 Å². The Morgan fingerprint density at radius 1 is 0.878 bits per heavy atom. The number of aliphatic hydroxyl groups excluding tert-OH is 1. The number of fused-ring (bicyclic) bond motifs is 1. The van der Waals surface area contributed by atoms with Crippen LogP contribution in [-0.2, 0) is 28.8 Å². The van der Waals surface area contributed by atoms with E-state index in [0.717, 1.165) is 29.5 Å². The number of aliphatic hydroxyl groups is 1. The molecule has 2 N–H and O–H groups in total. The van der Waals surface area contributed by atoms with Gasteiger partial charge in [0.05, 0.1) is 6.61 Å². The number of aliphatic imine (C=N–C) groups is 1. The summed E-state index contributed by atoms with van der Waals surface area (Å²) in [5.74, 6) is 1.00. The average molecular weight is 547 g/mol. The molecule has 0 unspecified atom stereocenters. The Morgan fingerprint density at radius 2 is 1.51 bits per heavy atom. The average Bonchev–Trinajstić information content (AvgIpc) is 3.60. The summed E-state index contributed by atoms with van der Waals surface area (Å²) in [5, 5.41) is 12.4. The number of hydrogen-bond donors (Lipinski definition) is 2. The zero-order valence-electron chi connectivity index (χ0n) is 22.9. The predicted molar refractivity (Wildman–Crippen MR) is 159 cm³/mol. The van der Waals surface area contributed by atoms with Gasteiger partial charge in [-0.3, -0.25) is 4.79 Å². The van der Waals surface area contributed by atoms with Crippen molar-refractivity contribution in [3.63, 3.8) is 0 Å². The molecule has 208 valence electrons. The number of rotatable bonds is 10. The van der Waals surface area contributed by atoms with Crippen LogP contribution in [-0.4, -0.2) is 41.7 Å². The van der Waals surface area contributed by atoms with Crippen molar-refractivity contribution in [2.45, 2.75) is 43.4 Å². The van der Waals surface area contributed by atoms with E-state index in [1.165, 1.54) is 11.1 Å². The summed E-state index contributed by atoms with van der Waals surface area (Å²) in [6.45, 7) is 0.525. The molecule has 0 fully saturated rings. The van der Waals surface area contributed by atoms with Crippen molar-refractivity contribution in [1.29, 1.82) is 0 Å². The second-order valence-corrected chi connectivity index (χ2v) is 10.7. The van der Waals surface area contributed by atoms with Crippen LogP contribution in [0.25, 0.3) is 0 Å². The standard InChI is InChI=1S/C35H34N2O4/c38-20-9-21-40-31-18-16-27(17-19-31)33-37-35(24-25-10-3-1-4-11-25,32(41-33)26-12-5-2-6-13-26)34(39)36-30-22-28-14-7-8-15-29(28)23-30/h1-8,10-19,30,32,38H,9,20-24H2,(H,36,39)/t32-,35-/m1/s1. The molecule has 0 saturated carbocycles. The highest BCUT2D eigenvalue weighted by Gasteiger charge is 2.53. The maximum Gasteiger partial charge on any atom is 0.252 e. The van der Waals surface area contributed by atoms with Gasteiger partial charge in [0.2, 0.25) is 5.90 Å². The molecule has 1 heterocycles. The molecule has 0 bridgehead atoms. The van der Waals surface area contributed by atoms with Gasteiger partial charge in [-0.25, -0.2) is 4.99 Å². The number of amides is 1. The van der Waals surface area contributed by atoms with Gasteiger partial charge < -0.3 is 19.9 Å². The van der Waals surface area contributed by atoms with Gasteiger partial charge in [-0.2, -0.15) is 0 Å². The minimum absolute atomic E-state index is 0.00132. The van der Waals surface area contributed by atoms with Gasteiger partial charge in [-0.15, -0.1) is 0 Å². The van der Waals surface area contributed by atoms with Crippen LogP contribution in [0, 0.1) is 0 Å². The van der Waals surface area contributed by atoms with Gasteiger partial charge in [-0.1, -0.05) is 84.9 Å². The van der Waals surface area contributed by atoms with E-state index in [4.69, 9.17) is 19.6 Å². The predicted octanol–water partition coefficient (Wildman–Crippen LogP) is 5.23. The Labute approximate surface area is 240 Å². The second-order valence-electron chi connectivity index (χ2n) is 10.7. The lowest BCUT2D eigenvalue weighted by atomic mass is 9.81. The van der Waals surface area contributed by atoms with Crippen LogP contribution in [0.15, 0.2) is 114 Å². The SMILES string of the molecule is O=C(NC1Cc2ccccc2C1)[C@]1(Cc2ccccc2)N=C(c2ccc(OCCCO)cc2)O[C@@H]1c1ccccc1. The van der Waals surface area contributed by atoms with Crippen molar-refractivity contribution < 1.29 is 19.4 Å². The first-order valence-electron chi connectivity index (χ1n) is 14.2. The van der Waals surface area contributed by atoms with Crippen LogP contribution in [0.2, 0.25) is 0 Å². The quantitative estimate of drug-likeness (QED) is 0.267. The van der Waals surface area contributed by atoms with Gasteiger partial charge in [0.15, 0.2) is 11.6 Å². The van der Waals surface area contributed by atoms with Crippen molar-refractivity contribution in [2.75, 3.05) is 13.2 Å². The Morgan fingerprint density at radius 3 is 2.17 bits per heavy atom. The number of carbonyl (C=O) groups excluding carboxylic acids is 1. The number of carbonyl (C=O) groups is 1. The maximum atomic E-state index is 14.5. The third-order valence-electron chi connectivity index (χ3n) is 7.83. The number of ether oxygens (including phenoxy) is 2. The van der Waals surface area contributed by atoms with Crippen molar-refractivity contribution in [3.8, 4) is 5.75 Å². The molecule has 6 rings (SSSR count). The monoisotopic (exact) mass is 546 g/mol. The normalized spacial score (nSPS) is 19.7. The van der Waals surface area contributed by atoms with Gasteiger partial charge in [0.25, 0.3) is 5.91 Å². The van der Waals surface area contributed by atoms with Crippen molar-refractivity contribution in [1.82, 2.24) is 5.32 Å². The van der Waals surface area contributed by atoms with E-state index in [2.05, 4.69) is 29.6 Å². The topological polar surface area (TPSA) is 80.2 Å². The van der Waals surface area contributed by atoms with Crippen LogP contribution in [0.1, 0.15) is 40.3 Å². The van der Waals surface area contributed by atoms with Crippen LogP contribution in [0.3, 0.4) is 0 Å². The van der Waals surface area contributed by atoms with Gasteiger partial charge >= 0.3 is 0 Å². The summed E-state index contributed by atoms with van der Waals surface area (Å²) in [6, 6.07) is 35.8. The van der Waals surface area contributed by atoms with Crippen molar-refractivity contribution in [2.24, 2.45) is 4.99 Å². The third kappa shape index (κ3) is 5.74. The lowest BCUT2D eigenvalue weighted by Crippen LogP contribution is -2.53. The zero-order valence-corrected chi connectivity index (χ0v) is 22.9. The molecule has 2 aliphatic rings. The molecule has 0 radical (unpaired) electrons. The molecule has 1 aliphatic carbocycles. The largest absolute Gasteiger partial charge is 0.494 e. The molecule has 0 spiro atoms. The molecule has 1 amide bonds. The fourth-order valence-electron chi connectivity index (χ4n) is 5.79. The van der Waals surface area contributed by atoms with Gasteiger partial charge in [0.1, 0.15) is 5.75 Å². The van der Waals surface area contributed by atoms with Crippen LogP contribution in [0.4, 0.5) is 0 Å². The van der Waals surface area contributed by atoms with E-state index in [1.807, 2.05) is 84.9 Å². The summed E-state index contributed by atoms with van der Waals surface area (Å²) in [7, 11) is 0. The molecule has 41 heavy (non-hydrogen) atoms. The third-order valence-corrected chi connectivity index (χ3v) is 7.83. The number of nitrogens with one attached hydrogen (secondary N) is 1. The smallest absolute Gasteiger partial charge is 0.252 e. The molecule has 6 heteroatoms. The highest BCUT2D eigenvalue weighted by Crippen LogP contribution is 2.43. The Bertz CT molecular complexity index is 1480. The lowest BCUT2D eigenvalue weighted by Gasteiger charge is -2.32. The van der Waals surface area contributed by atoms with Gasteiger partial charge in [0, 0.05) is 31.1 Å². The lowest BCUT2D eigenvalue weighted by molar-refractivity contribution is -0.129. The second kappa shape index (κ2) is 12.0. The molecule has 6 nitrogen and oxygen atoms in total. The molecule has 2 atom stereocenters. The van der Waals surface area contributed by atoms with Crippen LogP contribution >= 0.6 is 0 Å². The molecular weight excluding hydrogens is 512 g/mol. The molecule has 0 saturated heterocycles.